The summed E-state index contributed by atoms with van der Waals surface area (Å²) >= 11 is 1.63. The van der Waals surface area contributed by atoms with Crippen LogP contribution in [-0.2, 0) is 4.79 Å². The summed E-state index contributed by atoms with van der Waals surface area (Å²) in [6, 6.07) is 2.06. The second-order valence-corrected chi connectivity index (χ2v) is 9.03. The molecule has 176 valence electrons. The molecule has 7 nitrogen and oxygen atoms in total. The lowest BCUT2D eigenvalue weighted by Crippen LogP contribution is -2.32. The fraction of sp³-hybridized carbons (Fsp3) is 0.522. The zero-order chi connectivity index (χ0) is 23.5. The summed E-state index contributed by atoms with van der Waals surface area (Å²) in [7, 11) is 7.79. The van der Waals surface area contributed by atoms with E-state index in [9.17, 15) is 9.18 Å². The summed E-state index contributed by atoms with van der Waals surface area (Å²) in [6.45, 7) is 5.04. The molecule has 0 saturated carbocycles. The Bertz CT molecular complexity index is 913. The van der Waals surface area contributed by atoms with Crippen molar-refractivity contribution in [2.75, 3.05) is 65.8 Å². The number of nitrogens with zero attached hydrogens (tertiary/aromatic N) is 5. The van der Waals surface area contributed by atoms with Crippen LogP contribution >= 0.6 is 11.3 Å². The Hall–Kier alpha value is -2.36. The lowest BCUT2D eigenvalue weighted by molar-refractivity contribution is -0.108. The standard InChI is InChI=1S/C23H35FN6OS/c1-18(24)8-10-28(3)9-6-7-19(16-25-2)23-27-20-17-26-22(15-21(20)32-23)30(5)12-11-29(4)13-14-31/h6-7,14-18,25H,8-13H2,1-5H3/b7-6-,19-16+. The molecule has 0 fully saturated rings. The number of nitrogens with one attached hydrogen (secondary N) is 1. The van der Waals surface area contributed by atoms with E-state index in [-0.39, 0.29) is 0 Å². The second kappa shape index (κ2) is 13.2. The van der Waals surface area contributed by atoms with Crippen LogP contribution in [0.5, 0.6) is 0 Å². The van der Waals surface area contributed by atoms with Crippen molar-refractivity contribution in [3.63, 3.8) is 0 Å². The highest BCUT2D eigenvalue weighted by Crippen LogP contribution is 2.29. The molecule has 1 unspecified atom stereocenters. The topological polar surface area (TPSA) is 64.6 Å². The molecule has 1 N–H and O–H groups in total. The van der Waals surface area contributed by atoms with Crippen LogP contribution in [0.25, 0.3) is 15.8 Å². The number of thiazole rings is 1. The Kier molecular flexibility index (Phi) is 10.7. The maximum Gasteiger partial charge on any atom is 0.133 e. The Balaban J connectivity index is 2.08. The van der Waals surface area contributed by atoms with Gasteiger partial charge in [-0.25, -0.2) is 14.4 Å². The molecule has 0 aliphatic rings. The van der Waals surface area contributed by atoms with E-state index in [0.717, 1.165) is 59.1 Å². The van der Waals surface area contributed by atoms with Crippen LogP contribution in [0.1, 0.15) is 18.4 Å². The largest absolute Gasteiger partial charge is 0.393 e. The maximum absolute atomic E-state index is 13.0. The number of hydrogen-bond acceptors (Lipinski definition) is 8. The van der Waals surface area contributed by atoms with Gasteiger partial charge in [-0.05, 0) is 27.4 Å². The predicted octanol–water partition coefficient (Wildman–Crippen LogP) is 3.05. The molecule has 1 atom stereocenters. The van der Waals surface area contributed by atoms with Crippen molar-refractivity contribution in [1.82, 2.24) is 25.1 Å². The van der Waals surface area contributed by atoms with Gasteiger partial charge < -0.3 is 19.9 Å². The number of fused-ring (bicyclic) bond motifs is 1. The molecule has 0 spiro atoms. The molecule has 0 aromatic carbocycles. The average Bonchev–Trinajstić information content (AvgIpc) is 3.19. The van der Waals surface area contributed by atoms with Crippen molar-refractivity contribution in [3.05, 3.63) is 35.6 Å². The first-order valence-corrected chi connectivity index (χ1v) is 11.6. The summed E-state index contributed by atoms with van der Waals surface area (Å²) in [5, 5.41) is 4.01. The quantitative estimate of drug-likeness (QED) is 0.342. The van der Waals surface area contributed by atoms with E-state index in [1.54, 1.807) is 18.3 Å². The molecule has 0 aliphatic heterocycles. The number of allylic oxidation sites excluding steroid dienone is 2. The highest BCUT2D eigenvalue weighted by Gasteiger charge is 2.11. The first kappa shape index (κ1) is 25.9. The summed E-state index contributed by atoms with van der Waals surface area (Å²) in [5.74, 6) is 0.880. The van der Waals surface area contributed by atoms with Gasteiger partial charge in [-0.2, -0.15) is 0 Å². The van der Waals surface area contributed by atoms with Crippen LogP contribution < -0.4 is 10.2 Å². The van der Waals surface area contributed by atoms with Gasteiger partial charge in [0.2, 0.25) is 0 Å². The summed E-state index contributed by atoms with van der Waals surface area (Å²) in [6.07, 6.45) is 8.54. The first-order valence-electron chi connectivity index (χ1n) is 10.8. The van der Waals surface area contributed by atoms with Crippen molar-refractivity contribution in [1.29, 1.82) is 0 Å². The van der Waals surface area contributed by atoms with Gasteiger partial charge in [0.1, 0.15) is 22.6 Å². The van der Waals surface area contributed by atoms with E-state index in [0.29, 0.717) is 13.0 Å². The molecule has 0 saturated heterocycles. The van der Waals surface area contributed by atoms with Crippen LogP contribution in [0.15, 0.2) is 30.6 Å². The van der Waals surface area contributed by atoms with Crippen molar-refractivity contribution < 1.29 is 9.18 Å². The highest BCUT2D eigenvalue weighted by molar-refractivity contribution is 7.19. The molecule has 2 rings (SSSR count). The van der Waals surface area contributed by atoms with E-state index in [1.165, 1.54) is 0 Å². The van der Waals surface area contributed by atoms with E-state index in [4.69, 9.17) is 4.98 Å². The number of anilines is 1. The van der Waals surface area contributed by atoms with E-state index in [2.05, 4.69) is 32.2 Å². The Morgan fingerprint density at radius 3 is 2.66 bits per heavy atom. The van der Waals surface area contributed by atoms with Gasteiger partial charge in [0.25, 0.3) is 0 Å². The molecular formula is C23H35FN6OS. The molecule has 9 heteroatoms. The number of likely N-dealkylation sites (N-methyl/N-ethyl adjacent to an activating group) is 3. The van der Waals surface area contributed by atoms with E-state index >= 15 is 0 Å². The number of aromatic nitrogens is 2. The molecule has 2 heterocycles. The summed E-state index contributed by atoms with van der Waals surface area (Å²) in [5.41, 5.74) is 1.86. The van der Waals surface area contributed by atoms with Crippen molar-refractivity contribution in [2.45, 2.75) is 19.5 Å². The van der Waals surface area contributed by atoms with Crippen LogP contribution in [-0.4, -0.2) is 93.1 Å². The van der Waals surface area contributed by atoms with Gasteiger partial charge in [0.05, 0.1) is 23.6 Å². The first-order chi connectivity index (χ1) is 15.3. The molecule has 0 bridgehead atoms. The molecule has 2 aromatic heterocycles. The number of hydrogen-bond donors (Lipinski definition) is 1. The number of halogens is 1. The zero-order valence-corrected chi connectivity index (χ0v) is 20.5. The van der Waals surface area contributed by atoms with Gasteiger partial charge in [-0.3, -0.25) is 4.90 Å². The van der Waals surface area contributed by atoms with E-state index < -0.39 is 6.17 Å². The monoisotopic (exact) mass is 462 g/mol. The third-order valence-corrected chi connectivity index (χ3v) is 6.09. The minimum atomic E-state index is -0.779. The number of alkyl halides is 1. The molecule has 32 heavy (non-hydrogen) atoms. The van der Waals surface area contributed by atoms with Crippen molar-refractivity contribution in [3.8, 4) is 0 Å². The lowest BCUT2D eigenvalue weighted by Gasteiger charge is -2.21. The van der Waals surface area contributed by atoms with Crippen molar-refractivity contribution in [2.24, 2.45) is 0 Å². The fourth-order valence-electron chi connectivity index (χ4n) is 2.99. The van der Waals surface area contributed by atoms with Gasteiger partial charge in [0, 0.05) is 58.1 Å². The molecular weight excluding hydrogens is 427 g/mol. The Morgan fingerprint density at radius 1 is 1.22 bits per heavy atom. The molecule has 2 aromatic rings. The SMILES string of the molecule is CN/C=C(\C=C/CN(C)CCC(C)F)c1nc2cnc(N(C)CCN(C)CC=O)cc2s1. The maximum atomic E-state index is 13.0. The summed E-state index contributed by atoms with van der Waals surface area (Å²) < 4.78 is 14.1. The van der Waals surface area contributed by atoms with Crippen LogP contribution in [0.2, 0.25) is 0 Å². The minimum absolute atomic E-state index is 0.428. The van der Waals surface area contributed by atoms with E-state index in [1.807, 2.05) is 51.6 Å². The van der Waals surface area contributed by atoms with Crippen molar-refractivity contribution >= 4 is 39.2 Å². The minimum Gasteiger partial charge on any atom is -0.393 e. The third-order valence-electron chi connectivity index (χ3n) is 5.02. The Morgan fingerprint density at radius 2 is 1.97 bits per heavy atom. The van der Waals surface area contributed by atoms with Crippen LogP contribution in [0, 0.1) is 0 Å². The number of rotatable bonds is 14. The second-order valence-electron chi connectivity index (χ2n) is 8.00. The normalized spacial score (nSPS) is 13.4. The lowest BCUT2D eigenvalue weighted by atomic mass is 10.2. The van der Waals surface area contributed by atoms with Gasteiger partial charge in [-0.15, -0.1) is 11.3 Å². The van der Waals surface area contributed by atoms with Gasteiger partial charge >= 0.3 is 0 Å². The number of carbonyl (C=O) groups is 1. The molecule has 0 radical (unpaired) electrons. The third kappa shape index (κ3) is 8.29. The van der Waals surface area contributed by atoms with Gasteiger partial charge in [-0.1, -0.05) is 12.2 Å². The number of pyridine rings is 1. The molecule has 0 aliphatic carbocycles. The summed E-state index contributed by atoms with van der Waals surface area (Å²) in [4.78, 5) is 26.1. The average molecular weight is 463 g/mol. The Labute approximate surface area is 194 Å². The fourth-order valence-corrected chi connectivity index (χ4v) is 3.96. The number of carbonyl (C=O) groups excluding carboxylic acids is 1. The number of aldehydes is 1. The van der Waals surface area contributed by atoms with Gasteiger partial charge in [0.15, 0.2) is 0 Å². The highest BCUT2D eigenvalue weighted by atomic mass is 32.1. The van der Waals surface area contributed by atoms with Crippen LogP contribution in [0.4, 0.5) is 10.2 Å². The molecule has 0 amide bonds. The zero-order valence-electron chi connectivity index (χ0n) is 19.7. The predicted molar refractivity (Wildman–Crippen MR) is 133 cm³/mol. The van der Waals surface area contributed by atoms with Crippen LogP contribution in [0.3, 0.4) is 0 Å². The smallest absolute Gasteiger partial charge is 0.133 e.